The number of piperidine rings is 1. The molecule has 3 N–H and O–H groups in total. The fraction of sp³-hybridized carbons (Fsp3) is 0.395. The van der Waals surface area contributed by atoms with Crippen molar-refractivity contribution in [2.45, 2.75) is 50.9 Å². The first-order valence-corrected chi connectivity index (χ1v) is 18.4. The maximum atomic E-state index is 14.0. The number of hydrogen-bond acceptors (Lipinski definition) is 9. The van der Waals surface area contributed by atoms with E-state index in [4.69, 9.17) is 26.8 Å². The van der Waals surface area contributed by atoms with Crippen molar-refractivity contribution < 1.29 is 37.0 Å². The number of aromatic amines is 1. The van der Waals surface area contributed by atoms with Gasteiger partial charge in [0.1, 0.15) is 0 Å². The molecule has 0 saturated carbocycles. The lowest BCUT2D eigenvalue weighted by Crippen LogP contribution is -2.53. The fourth-order valence-corrected chi connectivity index (χ4v) is 6.94. The number of nitrogens with zero attached hydrogens (tertiary/aromatic N) is 5. The van der Waals surface area contributed by atoms with Crippen molar-refractivity contribution in [2.24, 2.45) is 0 Å². The summed E-state index contributed by atoms with van der Waals surface area (Å²) in [4.78, 5) is 60.3. The van der Waals surface area contributed by atoms with Crippen LogP contribution in [0.4, 0.5) is 29.3 Å². The lowest BCUT2D eigenvalue weighted by Gasteiger charge is -2.38. The molecule has 17 heteroatoms. The minimum Gasteiger partial charge on any atom is -0.462 e. The van der Waals surface area contributed by atoms with Gasteiger partial charge < -0.3 is 29.9 Å². The Hall–Kier alpha value is -5.51. The van der Waals surface area contributed by atoms with Crippen molar-refractivity contribution in [1.29, 1.82) is 0 Å². The highest BCUT2D eigenvalue weighted by Gasteiger charge is 2.37. The van der Waals surface area contributed by atoms with Crippen LogP contribution in [0.3, 0.4) is 0 Å². The molecule has 1 aromatic heterocycles. The molecular weight excluding hydrogens is 743 g/mol. The number of nitrogens with two attached hydrogens (primary N) is 1. The summed E-state index contributed by atoms with van der Waals surface area (Å²) in [7, 11) is 0. The number of ether oxygens (including phenoxy) is 2. The zero-order valence-electron chi connectivity index (χ0n) is 30.1. The van der Waals surface area contributed by atoms with Crippen molar-refractivity contribution in [1.82, 2.24) is 24.6 Å². The SMILES string of the molecule is CCCOC(=O)c1ccc(N2CCN(C(=O)[C@@H](Cc3cc(Cl)c(N)c(C(F)(F)F)c3)OC(=O)N3CCC(n4nc(-c5ccccc5)[nH]c4=O)CC3)CC2)cc1. The first-order chi connectivity index (χ1) is 26.3. The Morgan fingerprint density at radius 3 is 2.27 bits per heavy atom. The average molecular weight is 784 g/mol. The molecule has 0 aliphatic carbocycles. The van der Waals surface area contributed by atoms with Gasteiger partial charge in [-0.25, -0.2) is 19.1 Å². The van der Waals surface area contributed by atoms with Gasteiger partial charge in [-0.1, -0.05) is 48.9 Å². The van der Waals surface area contributed by atoms with Crippen molar-refractivity contribution in [3.05, 3.63) is 98.9 Å². The molecule has 4 aromatic rings. The molecule has 2 saturated heterocycles. The summed E-state index contributed by atoms with van der Waals surface area (Å²) < 4.78 is 53.9. The number of piperazine rings is 1. The third kappa shape index (κ3) is 9.24. The highest BCUT2D eigenvalue weighted by Crippen LogP contribution is 2.38. The van der Waals surface area contributed by atoms with Crippen molar-refractivity contribution in [2.75, 3.05) is 56.5 Å². The minimum atomic E-state index is -4.81. The van der Waals surface area contributed by atoms with Crippen LogP contribution >= 0.6 is 11.6 Å². The molecule has 6 rings (SSSR count). The van der Waals surface area contributed by atoms with Crippen molar-refractivity contribution in [3.63, 3.8) is 0 Å². The number of hydrogen-bond donors (Lipinski definition) is 2. The van der Waals surface area contributed by atoms with Gasteiger partial charge in [0.15, 0.2) is 11.9 Å². The Morgan fingerprint density at radius 1 is 0.964 bits per heavy atom. The van der Waals surface area contributed by atoms with Crippen LogP contribution in [0.5, 0.6) is 0 Å². The largest absolute Gasteiger partial charge is 0.462 e. The highest BCUT2D eigenvalue weighted by atomic mass is 35.5. The third-order valence-electron chi connectivity index (χ3n) is 9.69. The van der Waals surface area contributed by atoms with E-state index in [-0.39, 0.29) is 54.9 Å². The predicted octanol–water partition coefficient (Wildman–Crippen LogP) is 5.79. The molecule has 2 fully saturated rings. The molecule has 0 bridgehead atoms. The number of nitrogen functional groups attached to an aromatic ring is 1. The molecule has 2 aliphatic heterocycles. The van der Waals surface area contributed by atoms with Gasteiger partial charge in [-0.2, -0.15) is 13.2 Å². The van der Waals surface area contributed by atoms with Crippen LogP contribution in [0.15, 0.2) is 71.5 Å². The molecule has 0 spiro atoms. The Bertz CT molecular complexity index is 2040. The van der Waals surface area contributed by atoms with E-state index in [1.165, 1.54) is 20.5 Å². The second-order valence-corrected chi connectivity index (χ2v) is 13.8. The normalized spacial score (nSPS) is 15.8. The fourth-order valence-electron chi connectivity index (χ4n) is 6.69. The number of rotatable bonds is 10. The molecule has 292 valence electrons. The molecule has 2 amide bonds. The summed E-state index contributed by atoms with van der Waals surface area (Å²) >= 11 is 6.10. The van der Waals surface area contributed by atoms with Gasteiger partial charge in [-0.05, 0) is 61.2 Å². The summed E-state index contributed by atoms with van der Waals surface area (Å²) in [5.74, 6) is -0.563. The number of nitrogens with one attached hydrogen (secondary N) is 1. The number of aromatic nitrogens is 3. The predicted molar refractivity (Wildman–Crippen MR) is 199 cm³/mol. The van der Waals surface area contributed by atoms with E-state index in [0.29, 0.717) is 50.3 Å². The van der Waals surface area contributed by atoms with Crippen LogP contribution in [-0.4, -0.2) is 94.5 Å². The second-order valence-electron chi connectivity index (χ2n) is 13.4. The van der Waals surface area contributed by atoms with Gasteiger partial charge in [0.05, 0.1) is 34.5 Å². The summed E-state index contributed by atoms with van der Waals surface area (Å²) in [6.45, 7) is 3.88. The van der Waals surface area contributed by atoms with Crippen LogP contribution in [0.25, 0.3) is 11.4 Å². The average Bonchev–Trinajstić information content (AvgIpc) is 3.59. The first-order valence-electron chi connectivity index (χ1n) is 18.0. The quantitative estimate of drug-likeness (QED) is 0.150. The van der Waals surface area contributed by atoms with Crippen molar-refractivity contribution >= 4 is 40.9 Å². The molecule has 0 unspecified atom stereocenters. The maximum Gasteiger partial charge on any atom is 0.418 e. The molecule has 2 aliphatic rings. The third-order valence-corrected chi connectivity index (χ3v) is 10.0. The Kier molecular flexibility index (Phi) is 12.0. The first kappa shape index (κ1) is 39.2. The van der Waals surface area contributed by atoms with Gasteiger partial charge in [0.2, 0.25) is 0 Å². The number of benzene rings is 3. The van der Waals surface area contributed by atoms with Gasteiger partial charge >= 0.3 is 23.9 Å². The van der Waals surface area contributed by atoms with Crippen LogP contribution < -0.4 is 16.3 Å². The van der Waals surface area contributed by atoms with E-state index in [1.807, 2.05) is 42.2 Å². The summed E-state index contributed by atoms with van der Waals surface area (Å²) in [5.41, 5.74) is 5.48. The van der Waals surface area contributed by atoms with E-state index in [1.54, 1.807) is 24.3 Å². The lowest BCUT2D eigenvalue weighted by molar-refractivity contribution is -0.141. The van der Waals surface area contributed by atoms with E-state index >= 15 is 0 Å². The van der Waals surface area contributed by atoms with E-state index in [9.17, 15) is 32.3 Å². The van der Waals surface area contributed by atoms with Crippen molar-refractivity contribution in [3.8, 4) is 11.4 Å². The van der Waals surface area contributed by atoms with Crippen LogP contribution in [-0.2, 0) is 26.9 Å². The number of halogens is 4. The highest BCUT2D eigenvalue weighted by molar-refractivity contribution is 6.33. The maximum absolute atomic E-state index is 14.0. The van der Waals surface area contributed by atoms with Gasteiger partial charge in [0, 0.05) is 56.9 Å². The summed E-state index contributed by atoms with van der Waals surface area (Å²) in [6, 6.07) is 17.9. The zero-order valence-corrected chi connectivity index (χ0v) is 30.8. The Morgan fingerprint density at radius 2 is 1.64 bits per heavy atom. The monoisotopic (exact) mass is 783 g/mol. The number of esters is 1. The minimum absolute atomic E-state index is 0.0136. The lowest BCUT2D eigenvalue weighted by atomic mass is 10.0. The van der Waals surface area contributed by atoms with E-state index in [2.05, 4.69) is 10.1 Å². The molecule has 1 atom stereocenters. The molecule has 55 heavy (non-hydrogen) atoms. The topological polar surface area (TPSA) is 156 Å². The Labute approximate surface area is 319 Å². The van der Waals surface area contributed by atoms with Crippen LogP contribution in [0.1, 0.15) is 53.7 Å². The molecule has 3 aromatic carbocycles. The molecule has 0 radical (unpaired) electrons. The summed E-state index contributed by atoms with van der Waals surface area (Å²) in [5, 5.41) is 4.13. The van der Waals surface area contributed by atoms with E-state index < -0.39 is 41.5 Å². The van der Waals surface area contributed by atoms with Crippen LogP contribution in [0.2, 0.25) is 5.02 Å². The molecule has 13 nitrogen and oxygen atoms in total. The number of anilines is 2. The number of alkyl halides is 3. The van der Waals surface area contributed by atoms with Gasteiger partial charge in [-0.3, -0.25) is 9.78 Å². The number of H-pyrrole nitrogens is 1. The Balaban J connectivity index is 1.14. The standard InChI is InChI=1S/C38H41ClF3N7O6/c1-2-20-54-35(51)26-8-10-27(11-9-26)46-16-18-47(19-17-46)34(50)31(23-24-21-29(38(40,41)42)32(43)30(39)22-24)55-37(53)48-14-12-28(13-15-48)49-36(52)44-33(45-49)25-6-4-3-5-7-25/h3-11,21-22,28,31H,2,12-20,23,43H2,1H3,(H,44,45,52)/t31-/m1/s1. The van der Waals surface area contributed by atoms with Gasteiger partial charge in [0.25, 0.3) is 5.91 Å². The zero-order chi connectivity index (χ0) is 39.3. The number of carbonyl (C=O) groups is 3. The van der Waals surface area contributed by atoms with E-state index in [0.717, 1.165) is 17.3 Å². The smallest absolute Gasteiger partial charge is 0.418 e. The number of amides is 2. The molecular formula is C38H41ClF3N7O6. The summed E-state index contributed by atoms with van der Waals surface area (Å²) in [6.07, 6.45) is -6.04. The van der Waals surface area contributed by atoms with Crippen LogP contribution in [0, 0.1) is 0 Å². The number of likely N-dealkylation sites (tertiary alicyclic amines) is 1. The number of carbonyl (C=O) groups excluding carboxylic acids is 3. The second kappa shape index (κ2) is 16.9. The van der Waals surface area contributed by atoms with Gasteiger partial charge in [-0.15, -0.1) is 5.10 Å². The molecule has 3 heterocycles.